The smallest absolute Gasteiger partial charge is 0.355 e. The lowest BCUT2D eigenvalue weighted by molar-refractivity contribution is -0.0501. The Balaban J connectivity index is 2.45. The predicted molar refractivity (Wildman–Crippen MR) is 65.7 cm³/mol. The van der Waals surface area contributed by atoms with E-state index >= 15 is 0 Å². The van der Waals surface area contributed by atoms with Gasteiger partial charge in [0.1, 0.15) is 5.65 Å². The fourth-order valence-corrected chi connectivity index (χ4v) is 2.04. The quantitative estimate of drug-likeness (QED) is 0.646. The Morgan fingerprint density at radius 1 is 1.25 bits per heavy atom. The first-order valence-electron chi connectivity index (χ1n) is 5.60. The van der Waals surface area contributed by atoms with Gasteiger partial charge in [0.05, 0.1) is 0 Å². The monoisotopic (exact) mass is 308 g/mol. The van der Waals surface area contributed by atoms with E-state index < -0.39 is 21.5 Å². The molecule has 0 atom stereocenters. The highest BCUT2D eigenvalue weighted by Crippen LogP contribution is 2.27. The Bertz CT molecular complexity index is 735. The molecule has 0 aliphatic heterocycles. The maximum absolute atomic E-state index is 12.2. The van der Waals surface area contributed by atoms with Crippen molar-refractivity contribution < 1.29 is 25.8 Å². The number of hydrogen-bond acceptors (Lipinski definition) is 4. The van der Waals surface area contributed by atoms with Gasteiger partial charge in [0.15, 0.2) is 0 Å². The van der Waals surface area contributed by atoms with Crippen molar-refractivity contribution in [3.05, 3.63) is 24.4 Å². The van der Waals surface area contributed by atoms with Crippen LogP contribution in [-0.4, -0.2) is 23.5 Å². The van der Waals surface area contributed by atoms with Gasteiger partial charge in [-0.25, -0.2) is 0 Å². The van der Waals surface area contributed by atoms with Gasteiger partial charge in [0.25, 0.3) is 0 Å². The van der Waals surface area contributed by atoms with Crippen LogP contribution in [0.1, 0.15) is 19.9 Å². The molecule has 5 nitrogen and oxygen atoms in total. The Hall–Kier alpha value is -1.77. The maximum Gasteiger partial charge on any atom is 0.534 e. The molecule has 0 saturated carbocycles. The number of alkyl halides is 3. The van der Waals surface area contributed by atoms with E-state index in [2.05, 4.69) is 9.17 Å². The minimum absolute atomic E-state index is 0.0227. The van der Waals surface area contributed by atoms with E-state index in [-0.39, 0.29) is 6.04 Å². The molecular formula is C11H11F3N2O3S. The average Bonchev–Trinajstić information content (AvgIpc) is 2.69. The number of fused-ring (bicyclic) bond motifs is 1. The molecule has 0 bridgehead atoms. The van der Waals surface area contributed by atoms with Crippen molar-refractivity contribution >= 4 is 21.2 Å². The zero-order chi connectivity index (χ0) is 15.1. The third-order valence-corrected chi connectivity index (χ3v) is 3.53. The molecule has 0 aliphatic carbocycles. The fourth-order valence-electron chi connectivity index (χ4n) is 1.63. The van der Waals surface area contributed by atoms with Gasteiger partial charge in [-0.2, -0.15) is 26.6 Å². The van der Waals surface area contributed by atoms with Gasteiger partial charge in [-0.1, -0.05) is 0 Å². The molecule has 20 heavy (non-hydrogen) atoms. The molecule has 0 fully saturated rings. The first-order valence-corrected chi connectivity index (χ1v) is 7.01. The number of aromatic nitrogens is 2. The van der Waals surface area contributed by atoms with Crippen LogP contribution in [0.15, 0.2) is 24.4 Å². The summed E-state index contributed by atoms with van der Waals surface area (Å²) in [5.41, 5.74) is -5.13. The average molecular weight is 308 g/mol. The van der Waals surface area contributed by atoms with Crippen molar-refractivity contribution in [2.24, 2.45) is 0 Å². The Labute approximate surface area is 113 Å². The first kappa shape index (κ1) is 14.6. The third kappa shape index (κ3) is 2.58. The molecule has 0 unspecified atom stereocenters. The highest BCUT2D eigenvalue weighted by molar-refractivity contribution is 7.87. The summed E-state index contributed by atoms with van der Waals surface area (Å²) < 4.78 is 64.2. The van der Waals surface area contributed by atoms with Crippen LogP contribution in [0.25, 0.3) is 11.0 Å². The topological polar surface area (TPSA) is 61.2 Å². The van der Waals surface area contributed by atoms with Gasteiger partial charge >= 0.3 is 15.6 Å². The molecular weight excluding hydrogens is 297 g/mol. The molecule has 2 heterocycles. The van der Waals surface area contributed by atoms with Crippen molar-refractivity contribution in [3.8, 4) is 5.88 Å². The zero-order valence-corrected chi connectivity index (χ0v) is 11.4. The molecule has 0 aliphatic rings. The highest BCUT2D eigenvalue weighted by atomic mass is 32.2. The van der Waals surface area contributed by atoms with Crippen molar-refractivity contribution in [1.29, 1.82) is 0 Å². The lowest BCUT2D eigenvalue weighted by atomic mass is 10.3. The lowest BCUT2D eigenvalue weighted by Crippen LogP contribution is -2.28. The normalized spacial score (nSPS) is 13.1. The summed E-state index contributed by atoms with van der Waals surface area (Å²) in [4.78, 5) is 3.82. The third-order valence-electron chi connectivity index (χ3n) is 2.57. The second-order valence-corrected chi connectivity index (χ2v) is 5.90. The van der Waals surface area contributed by atoms with Gasteiger partial charge in [0, 0.05) is 23.7 Å². The highest BCUT2D eigenvalue weighted by Gasteiger charge is 2.48. The summed E-state index contributed by atoms with van der Waals surface area (Å²) in [7, 11) is -5.71. The summed E-state index contributed by atoms with van der Waals surface area (Å²) in [6, 6.07) is 4.28. The molecule has 110 valence electrons. The summed E-state index contributed by atoms with van der Waals surface area (Å²) in [6.45, 7) is 3.72. The van der Waals surface area contributed by atoms with Crippen LogP contribution in [0.5, 0.6) is 5.88 Å². The molecule has 0 aromatic carbocycles. The fraction of sp³-hybridized carbons (Fsp3) is 0.364. The van der Waals surface area contributed by atoms with Crippen LogP contribution in [0.3, 0.4) is 0 Å². The number of rotatable bonds is 3. The van der Waals surface area contributed by atoms with Crippen LogP contribution in [-0.2, 0) is 10.1 Å². The molecule has 0 radical (unpaired) electrons. The number of pyridine rings is 1. The summed E-state index contributed by atoms with van der Waals surface area (Å²) >= 11 is 0. The first-order chi connectivity index (χ1) is 9.12. The number of nitrogens with zero attached hydrogens (tertiary/aromatic N) is 2. The SMILES string of the molecule is CC(C)n1ccc2ccc(OS(=O)(=O)C(F)(F)F)nc21. The number of halogens is 3. The van der Waals surface area contributed by atoms with Crippen LogP contribution < -0.4 is 4.18 Å². The Kier molecular flexibility index (Phi) is 3.41. The van der Waals surface area contributed by atoms with Gasteiger partial charge in [0.2, 0.25) is 5.88 Å². The van der Waals surface area contributed by atoms with Crippen molar-refractivity contribution in [2.45, 2.75) is 25.4 Å². The van der Waals surface area contributed by atoms with Crippen LogP contribution in [0, 0.1) is 0 Å². The second kappa shape index (κ2) is 4.65. The van der Waals surface area contributed by atoms with E-state index in [9.17, 15) is 21.6 Å². The lowest BCUT2D eigenvalue weighted by Gasteiger charge is -2.11. The van der Waals surface area contributed by atoms with Gasteiger partial charge in [-0.05, 0) is 26.0 Å². The standard InChI is InChI=1S/C11H11F3N2O3S/c1-7(2)16-6-5-8-3-4-9(15-10(8)16)19-20(17,18)11(12,13)14/h3-7H,1-2H3. The molecule has 0 amide bonds. The van der Waals surface area contributed by atoms with E-state index in [1.54, 1.807) is 16.8 Å². The zero-order valence-electron chi connectivity index (χ0n) is 10.5. The van der Waals surface area contributed by atoms with Crippen LogP contribution >= 0.6 is 0 Å². The van der Waals surface area contributed by atoms with Crippen molar-refractivity contribution in [3.63, 3.8) is 0 Å². The van der Waals surface area contributed by atoms with E-state index in [0.717, 1.165) is 6.07 Å². The predicted octanol–water partition coefficient (Wildman–Crippen LogP) is 2.85. The van der Waals surface area contributed by atoms with Crippen molar-refractivity contribution in [2.75, 3.05) is 0 Å². The number of hydrogen-bond donors (Lipinski definition) is 0. The molecule has 2 aromatic rings. The summed E-state index contributed by atoms with van der Waals surface area (Å²) in [5.74, 6) is -0.615. The Morgan fingerprint density at radius 2 is 1.90 bits per heavy atom. The largest absolute Gasteiger partial charge is 0.534 e. The summed E-state index contributed by atoms with van der Waals surface area (Å²) in [6.07, 6.45) is 1.71. The Morgan fingerprint density at radius 3 is 2.45 bits per heavy atom. The molecule has 0 N–H and O–H groups in total. The van der Waals surface area contributed by atoms with Crippen LogP contribution in [0.2, 0.25) is 0 Å². The minimum atomic E-state index is -5.71. The molecule has 2 aromatic heterocycles. The minimum Gasteiger partial charge on any atom is -0.355 e. The van der Waals surface area contributed by atoms with Gasteiger partial charge in [-0.15, -0.1) is 0 Å². The summed E-state index contributed by atoms with van der Waals surface area (Å²) in [5, 5.41) is 0.676. The van der Waals surface area contributed by atoms with E-state index in [4.69, 9.17) is 0 Å². The molecule has 0 spiro atoms. The molecule has 2 rings (SSSR count). The maximum atomic E-state index is 12.2. The van der Waals surface area contributed by atoms with E-state index in [0.29, 0.717) is 11.0 Å². The van der Waals surface area contributed by atoms with Crippen LogP contribution in [0.4, 0.5) is 13.2 Å². The van der Waals surface area contributed by atoms with Crippen molar-refractivity contribution in [1.82, 2.24) is 9.55 Å². The molecule has 0 saturated heterocycles. The van der Waals surface area contributed by atoms with Gasteiger partial charge in [-0.3, -0.25) is 0 Å². The second-order valence-electron chi connectivity index (χ2n) is 4.36. The molecule has 9 heteroatoms. The van der Waals surface area contributed by atoms with E-state index in [1.165, 1.54) is 6.07 Å². The van der Waals surface area contributed by atoms with Gasteiger partial charge < -0.3 is 8.75 Å². The van der Waals surface area contributed by atoms with E-state index in [1.807, 2.05) is 13.8 Å².